The molecule has 0 radical (unpaired) electrons. The van der Waals surface area contributed by atoms with Gasteiger partial charge >= 0.3 is 11.7 Å². The minimum absolute atomic E-state index is 0.0620. The van der Waals surface area contributed by atoms with E-state index in [1.807, 2.05) is 12.3 Å². The van der Waals surface area contributed by atoms with Gasteiger partial charge < -0.3 is 9.30 Å². The lowest BCUT2D eigenvalue weighted by molar-refractivity contribution is 0.483. The molecule has 0 atom stereocenters. The van der Waals surface area contributed by atoms with Gasteiger partial charge in [0.25, 0.3) is 5.69 Å². The number of rotatable bonds is 8. The van der Waals surface area contributed by atoms with Crippen LogP contribution in [-0.4, -0.2) is 20.1 Å². The van der Waals surface area contributed by atoms with Gasteiger partial charge in [0.05, 0.1) is 28.1 Å². The predicted molar refractivity (Wildman–Crippen MR) is 315 cm³/mol. The molecule has 6 nitrogen and oxygen atoms in total. The third-order valence-corrected chi connectivity index (χ3v) is 15.5. The average molecular weight is 980 g/mol. The van der Waals surface area contributed by atoms with Crippen LogP contribution in [-0.2, 0) is 21.7 Å². The van der Waals surface area contributed by atoms with Crippen LogP contribution in [0.25, 0.3) is 55.1 Å². The second-order valence-electron chi connectivity index (χ2n) is 24.0. The molecule has 8 aromatic carbocycles. The molecule has 1 aliphatic heterocycles. The van der Waals surface area contributed by atoms with E-state index in [4.69, 9.17) is 9.72 Å². The van der Waals surface area contributed by atoms with E-state index in [1.165, 1.54) is 49.6 Å². The number of para-hydroxylation sites is 3. The van der Waals surface area contributed by atoms with Gasteiger partial charge in [-0.1, -0.05) is 167 Å². The summed E-state index contributed by atoms with van der Waals surface area (Å²) >= 11 is 0. The molecule has 3 aromatic heterocycles. The Kier molecular flexibility index (Phi) is 11.1. The molecule has 1 aliphatic rings. The number of ether oxygens (including phenoxy) is 1. The fourth-order valence-electron chi connectivity index (χ4n) is 11.1. The van der Waals surface area contributed by atoms with Gasteiger partial charge in [0.2, 0.25) is 11.4 Å². The molecule has 0 unspecified atom stereocenters. The summed E-state index contributed by atoms with van der Waals surface area (Å²) in [7, 11) is 0. The second kappa shape index (κ2) is 17.4. The molecule has 75 heavy (non-hydrogen) atoms. The van der Waals surface area contributed by atoms with Gasteiger partial charge in [-0.25, -0.2) is 4.98 Å². The van der Waals surface area contributed by atoms with Gasteiger partial charge in [-0.3, -0.25) is 4.57 Å². The first-order valence-corrected chi connectivity index (χ1v) is 26.4. The zero-order valence-corrected chi connectivity index (χ0v) is 45.1. The summed E-state index contributed by atoms with van der Waals surface area (Å²) in [6.07, 6.45) is 1.94. The summed E-state index contributed by atoms with van der Waals surface area (Å²) in [6, 6.07) is 72.0. The number of hydrogen-bond donors (Lipinski definition) is 0. The van der Waals surface area contributed by atoms with Crippen molar-refractivity contribution in [3.63, 3.8) is 0 Å². The molecule has 6 heteroatoms. The molecule has 12 rings (SSSR count). The molecular formula is C69H65N5O+2. The molecule has 370 valence electrons. The van der Waals surface area contributed by atoms with Crippen molar-refractivity contribution in [3.05, 3.63) is 222 Å². The van der Waals surface area contributed by atoms with Gasteiger partial charge in [-0.15, -0.1) is 0 Å². The van der Waals surface area contributed by atoms with E-state index >= 15 is 0 Å². The Balaban J connectivity index is 1.01. The first kappa shape index (κ1) is 47.7. The van der Waals surface area contributed by atoms with Crippen LogP contribution >= 0.6 is 0 Å². The van der Waals surface area contributed by atoms with Crippen molar-refractivity contribution in [2.75, 3.05) is 0 Å². The molecule has 0 spiro atoms. The lowest BCUT2D eigenvalue weighted by Crippen LogP contribution is -2.22. The number of pyridine rings is 1. The van der Waals surface area contributed by atoms with Crippen LogP contribution in [0, 0.1) is 0 Å². The minimum atomic E-state index is -0.320. The van der Waals surface area contributed by atoms with E-state index in [1.54, 1.807) is 0 Å². The van der Waals surface area contributed by atoms with Crippen LogP contribution in [0.15, 0.2) is 194 Å². The van der Waals surface area contributed by atoms with Crippen LogP contribution in [0.1, 0.15) is 104 Å². The number of hydrogen-bond acceptors (Lipinski definition) is 2. The van der Waals surface area contributed by atoms with Crippen LogP contribution < -0.4 is 13.9 Å². The Labute approximate surface area is 441 Å². The highest BCUT2D eigenvalue weighted by Gasteiger charge is 2.44. The van der Waals surface area contributed by atoms with E-state index < -0.39 is 0 Å². The Hall–Kier alpha value is -8.31. The molecule has 0 amide bonds. The number of benzene rings is 8. The molecule has 0 fully saturated rings. The second-order valence-corrected chi connectivity index (χ2v) is 24.0. The van der Waals surface area contributed by atoms with Gasteiger partial charge in [-0.2, -0.15) is 0 Å². The molecule has 0 saturated heterocycles. The molecule has 0 saturated carbocycles. The Bertz CT molecular complexity index is 4070. The maximum atomic E-state index is 6.97. The van der Waals surface area contributed by atoms with E-state index in [-0.39, 0.29) is 21.7 Å². The lowest BCUT2D eigenvalue weighted by Gasteiger charge is -2.26. The van der Waals surface area contributed by atoms with E-state index in [0.717, 1.165) is 67.6 Å². The Morgan fingerprint density at radius 2 is 1.03 bits per heavy atom. The highest BCUT2D eigenvalue weighted by atomic mass is 16.5. The zero-order chi connectivity index (χ0) is 52.2. The first-order valence-electron chi connectivity index (χ1n) is 26.4. The van der Waals surface area contributed by atoms with Crippen molar-refractivity contribution in [3.8, 4) is 23.0 Å². The summed E-state index contributed by atoms with van der Waals surface area (Å²) in [5.41, 5.74) is 15.5. The summed E-state index contributed by atoms with van der Waals surface area (Å²) in [6.45, 7) is 25.2. The fraction of sp³-hybridized carbons (Fsp3) is 0.217. The van der Waals surface area contributed by atoms with E-state index in [2.05, 4.69) is 282 Å². The van der Waals surface area contributed by atoms with E-state index in [0.29, 0.717) is 0 Å². The maximum absolute atomic E-state index is 6.97. The molecule has 4 heterocycles. The van der Waals surface area contributed by atoms with Crippen molar-refractivity contribution < 1.29 is 4.74 Å². The van der Waals surface area contributed by atoms with Crippen LogP contribution in [0.3, 0.4) is 0 Å². The SMILES string of the molecule is CC(C)(C)c1cc([N+]2=C=[N+](c3cccc(Oc4ccc5c6cc(-n7c8ccccc8c8ccccc87)ccc6n(-c6cc(C(C)(C)C)ccn6)c5c4)c3)c3cccc(C(C)(C)c4ccccc4)c32)cc(C(C)(C)C)c1. The van der Waals surface area contributed by atoms with Crippen LogP contribution in [0.5, 0.6) is 11.5 Å². The topological polar surface area (TPSA) is 38.0 Å². The molecular weight excluding hydrogens is 915 g/mol. The fourth-order valence-corrected chi connectivity index (χ4v) is 11.1. The van der Waals surface area contributed by atoms with Crippen molar-refractivity contribution in [1.29, 1.82) is 0 Å². The monoisotopic (exact) mass is 980 g/mol. The van der Waals surface area contributed by atoms with Crippen molar-refractivity contribution in [1.82, 2.24) is 23.3 Å². The average Bonchev–Trinajstić information content (AvgIpc) is 4.07. The van der Waals surface area contributed by atoms with Gasteiger partial charge in [0.1, 0.15) is 17.3 Å². The first-order chi connectivity index (χ1) is 35.8. The van der Waals surface area contributed by atoms with Crippen molar-refractivity contribution >= 4 is 72.4 Å². The van der Waals surface area contributed by atoms with Crippen molar-refractivity contribution in [2.24, 2.45) is 0 Å². The largest absolute Gasteiger partial charge is 0.503 e. The highest BCUT2D eigenvalue weighted by molar-refractivity contribution is 6.12. The predicted octanol–water partition coefficient (Wildman–Crippen LogP) is 18.1. The van der Waals surface area contributed by atoms with E-state index in [9.17, 15) is 0 Å². The number of aromatic nitrogens is 3. The zero-order valence-electron chi connectivity index (χ0n) is 45.1. The normalized spacial score (nSPS) is 13.2. The summed E-state index contributed by atoms with van der Waals surface area (Å²) < 4.78 is 16.2. The third-order valence-electron chi connectivity index (χ3n) is 15.5. The summed E-state index contributed by atoms with van der Waals surface area (Å²) in [4.78, 5) is 5.04. The third kappa shape index (κ3) is 8.25. The van der Waals surface area contributed by atoms with Gasteiger partial charge in [-0.05, 0) is 108 Å². The summed E-state index contributed by atoms with van der Waals surface area (Å²) in [5, 5.41) is 4.74. The summed E-state index contributed by atoms with van der Waals surface area (Å²) in [5.74, 6) is 2.32. The Morgan fingerprint density at radius 3 is 1.71 bits per heavy atom. The maximum Gasteiger partial charge on any atom is 0.503 e. The smallest absolute Gasteiger partial charge is 0.457 e. The highest BCUT2D eigenvalue weighted by Crippen LogP contribution is 2.47. The Morgan fingerprint density at radius 1 is 0.413 bits per heavy atom. The molecule has 0 N–H and O–H groups in total. The van der Waals surface area contributed by atoms with Gasteiger partial charge in [0, 0.05) is 74.7 Å². The minimum Gasteiger partial charge on any atom is -0.457 e. The van der Waals surface area contributed by atoms with Crippen LogP contribution in [0.2, 0.25) is 0 Å². The van der Waals surface area contributed by atoms with Crippen molar-refractivity contribution in [2.45, 2.75) is 97.8 Å². The number of fused-ring (bicyclic) bond motifs is 7. The molecule has 0 bridgehead atoms. The lowest BCUT2D eigenvalue weighted by atomic mass is 9.77. The quantitative estimate of drug-likeness (QED) is 0.142. The van der Waals surface area contributed by atoms with Gasteiger partial charge in [0.15, 0.2) is 0 Å². The standard InChI is InChI=1S/C69H65N5O/c1-66(2,3)46-35-36-70-64(40-46)74-61-34-31-50(73-59-28-17-15-25-54(59)55-26-16-18-29-60(55)73)42-57(61)56-33-32-53(43-63(56)74)75-52-24-19-23-49(41-52)71-44-72(51-38-47(67(4,5)6)37-48(39-51)68(7,8)9)65-58(27-20-30-62(65)71)69(10,11)45-21-13-12-14-22-45/h12-43H,1-11H3/q+2. The molecule has 11 aromatic rings. The molecule has 0 aliphatic carbocycles. The number of nitrogens with zero attached hydrogens (tertiary/aromatic N) is 5. The van der Waals surface area contributed by atoms with Crippen LogP contribution in [0.4, 0.5) is 22.7 Å².